The minimum atomic E-state index is -2.95. The summed E-state index contributed by atoms with van der Waals surface area (Å²) in [4.78, 5) is 0. The maximum absolute atomic E-state index is 11.8. The third kappa shape index (κ3) is 3.10. The molecule has 0 aromatic rings. The molecule has 0 saturated carbocycles. The molecule has 12 heavy (non-hydrogen) atoms. The topological polar surface area (TPSA) is 35.5 Å². The van der Waals surface area contributed by atoms with Crippen LogP contribution in [0.4, 0.5) is 0 Å². The molecular weight excluding hydrogens is 175 g/mol. The van der Waals surface area contributed by atoms with Crippen LogP contribution in [0.2, 0.25) is 0 Å². The maximum atomic E-state index is 11.8. The number of hydrogen-bond acceptors (Lipinski definition) is 3. The van der Waals surface area contributed by atoms with Crippen molar-refractivity contribution >= 4 is 7.60 Å². The van der Waals surface area contributed by atoms with Gasteiger partial charge in [-0.2, -0.15) is 0 Å². The Hall–Kier alpha value is -0.110. The van der Waals surface area contributed by atoms with Crippen molar-refractivity contribution in [1.82, 2.24) is 0 Å². The number of rotatable bonds is 5. The quantitative estimate of drug-likeness (QED) is 0.627. The van der Waals surface area contributed by atoms with Crippen LogP contribution in [0.3, 0.4) is 0 Å². The van der Waals surface area contributed by atoms with Gasteiger partial charge < -0.3 is 9.05 Å². The molecule has 0 bridgehead atoms. The molecule has 0 aromatic carbocycles. The van der Waals surface area contributed by atoms with Gasteiger partial charge in [-0.1, -0.05) is 6.08 Å². The second-order valence-corrected chi connectivity index (χ2v) is 4.48. The van der Waals surface area contributed by atoms with E-state index in [4.69, 9.17) is 9.05 Å². The van der Waals surface area contributed by atoms with Gasteiger partial charge in [-0.05, 0) is 27.7 Å². The van der Waals surface area contributed by atoms with E-state index < -0.39 is 7.60 Å². The van der Waals surface area contributed by atoms with Crippen molar-refractivity contribution in [1.29, 1.82) is 0 Å². The molecule has 0 aliphatic rings. The van der Waals surface area contributed by atoms with Crippen LogP contribution in [0, 0.1) is 0 Å². The van der Waals surface area contributed by atoms with Crippen molar-refractivity contribution in [2.75, 3.05) is 13.2 Å². The summed E-state index contributed by atoms with van der Waals surface area (Å²) in [6.07, 6.45) is 1.76. The Bertz CT molecular complexity index is 188. The highest BCUT2D eigenvalue weighted by atomic mass is 31.2. The van der Waals surface area contributed by atoms with E-state index in [-0.39, 0.29) is 0 Å². The largest absolute Gasteiger partial charge is 0.356 e. The molecule has 0 fully saturated rings. The predicted molar refractivity (Wildman–Crippen MR) is 50.3 cm³/mol. The third-order valence-corrected chi connectivity index (χ3v) is 3.77. The lowest BCUT2D eigenvalue weighted by atomic mass is 10.6. The van der Waals surface area contributed by atoms with Gasteiger partial charge in [0.25, 0.3) is 0 Å². The van der Waals surface area contributed by atoms with Crippen molar-refractivity contribution in [2.24, 2.45) is 0 Å². The van der Waals surface area contributed by atoms with E-state index in [0.717, 1.165) is 0 Å². The lowest BCUT2D eigenvalue weighted by Crippen LogP contribution is -1.96. The van der Waals surface area contributed by atoms with Crippen molar-refractivity contribution in [3.8, 4) is 0 Å². The molecule has 0 N–H and O–H groups in total. The van der Waals surface area contributed by atoms with Gasteiger partial charge in [-0.3, -0.25) is 4.57 Å². The minimum Gasteiger partial charge on any atom is -0.306 e. The summed E-state index contributed by atoms with van der Waals surface area (Å²) in [7, 11) is -2.95. The highest BCUT2D eigenvalue weighted by Gasteiger charge is 2.24. The third-order valence-electron chi connectivity index (χ3n) is 1.45. The summed E-state index contributed by atoms with van der Waals surface area (Å²) >= 11 is 0. The SMILES string of the molecule is C/C=C(\C)P(=O)(OCC)OCC. The van der Waals surface area contributed by atoms with Gasteiger partial charge in [-0.25, -0.2) is 0 Å². The molecule has 4 heteroatoms. The summed E-state index contributed by atoms with van der Waals surface area (Å²) in [6.45, 7) is 7.99. The molecule has 0 atom stereocenters. The van der Waals surface area contributed by atoms with E-state index in [9.17, 15) is 4.57 Å². The van der Waals surface area contributed by atoms with Crippen LogP contribution in [0.1, 0.15) is 27.7 Å². The van der Waals surface area contributed by atoms with E-state index in [1.54, 1.807) is 26.8 Å². The Balaban J connectivity index is 4.50. The summed E-state index contributed by atoms with van der Waals surface area (Å²) in [5, 5.41) is 0.672. The standard InChI is InChI=1S/C8H17O3P/c1-5-8(4)12(9,10-6-2)11-7-3/h5H,6-7H2,1-4H3/b8-5+. The zero-order chi connectivity index (χ0) is 9.61. The molecule has 72 valence electrons. The summed E-state index contributed by atoms with van der Waals surface area (Å²) < 4.78 is 22.0. The fourth-order valence-corrected chi connectivity index (χ4v) is 2.22. The average Bonchev–Trinajstić information content (AvgIpc) is 2.04. The normalized spacial score (nSPS) is 13.5. The van der Waals surface area contributed by atoms with Crippen LogP contribution in [-0.4, -0.2) is 13.2 Å². The molecule has 0 saturated heterocycles. The van der Waals surface area contributed by atoms with Crippen LogP contribution in [0.5, 0.6) is 0 Å². The van der Waals surface area contributed by atoms with Crippen LogP contribution in [0.25, 0.3) is 0 Å². The smallest absolute Gasteiger partial charge is 0.306 e. The fourth-order valence-electron chi connectivity index (χ4n) is 0.739. The number of hydrogen-bond donors (Lipinski definition) is 0. The molecule has 0 spiro atoms. The second-order valence-electron chi connectivity index (χ2n) is 2.26. The summed E-state index contributed by atoms with van der Waals surface area (Å²) in [5.41, 5.74) is 0. The predicted octanol–water partition coefficient (Wildman–Crippen LogP) is 3.18. The Kier molecular flexibility index (Phi) is 5.47. The Labute approximate surface area is 74.3 Å². The number of allylic oxidation sites excluding steroid dienone is 2. The van der Waals surface area contributed by atoms with E-state index in [1.807, 2.05) is 6.92 Å². The highest BCUT2D eigenvalue weighted by molar-refractivity contribution is 7.58. The van der Waals surface area contributed by atoms with Gasteiger partial charge in [0.2, 0.25) is 0 Å². The lowest BCUT2D eigenvalue weighted by molar-refractivity contribution is 0.226. The van der Waals surface area contributed by atoms with Gasteiger partial charge in [0, 0.05) is 5.31 Å². The molecule has 0 aromatic heterocycles. The zero-order valence-electron chi connectivity index (χ0n) is 8.16. The Morgan fingerprint density at radius 3 is 2.00 bits per heavy atom. The van der Waals surface area contributed by atoms with Crippen molar-refractivity contribution < 1.29 is 13.6 Å². The molecule has 0 heterocycles. The maximum Gasteiger partial charge on any atom is 0.356 e. The minimum absolute atomic E-state index is 0.405. The molecular formula is C8H17O3P. The van der Waals surface area contributed by atoms with Crippen molar-refractivity contribution in [2.45, 2.75) is 27.7 Å². The summed E-state index contributed by atoms with van der Waals surface area (Å²) in [6, 6.07) is 0. The average molecular weight is 192 g/mol. The Morgan fingerprint density at radius 1 is 1.33 bits per heavy atom. The van der Waals surface area contributed by atoms with Crippen LogP contribution in [-0.2, 0) is 13.6 Å². The van der Waals surface area contributed by atoms with Crippen LogP contribution >= 0.6 is 7.60 Å². The van der Waals surface area contributed by atoms with Crippen molar-refractivity contribution in [3.05, 3.63) is 11.4 Å². The molecule has 0 amide bonds. The van der Waals surface area contributed by atoms with Crippen molar-refractivity contribution in [3.63, 3.8) is 0 Å². The molecule has 0 unspecified atom stereocenters. The second kappa shape index (κ2) is 5.52. The van der Waals surface area contributed by atoms with E-state index in [0.29, 0.717) is 18.5 Å². The summed E-state index contributed by atoms with van der Waals surface area (Å²) in [5.74, 6) is 0. The molecule has 0 rings (SSSR count). The fraction of sp³-hybridized carbons (Fsp3) is 0.750. The molecule has 0 radical (unpaired) electrons. The van der Waals surface area contributed by atoms with Crippen LogP contribution in [0.15, 0.2) is 11.4 Å². The van der Waals surface area contributed by atoms with Gasteiger partial charge in [0.05, 0.1) is 13.2 Å². The van der Waals surface area contributed by atoms with Gasteiger partial charge in [-0.15, -0.1) is 0 Å². The van der Waals surface area contributed by atoms with Gasteiger partial charge in [0.15, 0.2) is 0 Å². The Morgan fingerprint density at radius 2 is 1.75 bits per heavy atom. The van der Waals surface area contributed by atoms with E-state index >= 15 is 0 Å². The molecule has 3 nitrogen and oxygen atoms in total. The first-order chi connectivity index (χ1) is 5.60. The first kappa shape index (κ1) is 11.9. The highest BCUT2D eigenvalue weighted by Crippen LogP contribution is 2.55. The van der Waals surface area contributed by atoms with Crippen LogP contribution < -0.4 is 0 Å². The monoisotopic (exact) mass is 192 g/mol. The molecule has 0 aliphatic heterocycles. The zero-order valence-corrected chi connectivity index (χ0v) is 9.06. The van der Waals surface area contributed by atoms with E-state index in [2.05, 4.69) is 0 Å². The van der Waals surface area contributed by atoms with E-state index in [1.165, 1.54) is 0 Å². The first-order valence-corrected chi connectivity index (χ1v) is 5.67. The first-order valence-electron chi connectivity index (χ1n) is 4.13. The molecule has 0 aliphatic carbocycles. The van der Waals surface area contributed by atoms with Gasteiger partial charge in [0.1, 0.15) is 0 Å². The van der Waals surface area contributed by atoms with Gasteiger partial charge >= 0.3 is 7.60 Å². The lowest BCUT2D eigenvalue weighted by Gasteiger charge is -2.16.